The van der Waals surface area contributed by atoms with Crippen LogP contribution in [0.25, 0.3) is 0 Å². The Morgan fingerprint density at radius 1 is 1.32 bits per heavy atom. The van der Waals surface area contributed by atoms with Gasteiger partial charge in [-0.15, -0.1) is 0 Å². The third-order valence-corrected chi connectivity index (χ3v) is 3.91. The highest BCUT2D eigenvalue weighted by molar-refractivity contribution is 5.70. The van der Waals surface area contributed by atoms with Crippen LogP contribution in [0.3, 0.4) is 0 Å². The lowest BCUT2D eigenvalue weighted by Crippen LogP contribution is -2.20. The van der Waals surface area contributed by atoms with Crippen molar-refractivity contribution < 1.29 is 14.3 Å². The van der Waals surface area contributed by atoms with Crippen LogP contribution in [0.1, 0.15) is 58.3 Å². The first-order valence-electron chi connectivity index (χ1n) is 7.55. The summed E-state index contributed by atoms with van der Waals surface area (Å²) in [6.07, 6.45) is 9.31. The number of hydrogen-bond acceptors (Lipinski definition) is 3. The summed E-state index contributed by atoms with van der Waals surface area (Å²) >= 11 is 0. The molecular formula is C16H28O3. The zero-order chi connectivity index (χ0) is 14.1. The van der Waals surface area contributed by atoms with Crippen molar-refractivity contribution in [1.82, 2.24) is 0 Å². The van der Waals surface area contributed by atoms with Crippen molar-refractivity contribution in [2.24, 2.45) is 5.92 Å². The maximum absolute atomic E-state index is 11.4. The molecule has 3 nitrogen and oxygen atoms in total. The zero-order valence-electron chi connectivity index (χ0n) is 12.5. The van der Waals surface area contributed by atoms with Gasteiger partial charge >= 0.3 is 5.97 Å². The summed E-state index contributed by atoms with van der Waals surface area (Å²) in [7, 11) is 1.43. The second kappa shape index (κ2) is 9.13. The Bertz CT molecular complexity index is 286. The van der Waals surface area contributed by atoms with Crippen LogP contribution in [0.15, 0.2) is 12.2 Å². The quantitative estimate of drug-likeness (QED) is 0.362. The van der Waals surface area contributed by atoms with Crippen molar-refractivity contribution >= 4 is 5.97 Å². The molecule has 1 saturated heterocycles. The van der Waals surface area contributed by atoms with E-state index < -0.39 is 0 Å². The van der Waals surface area contributed by atoms with Crippen molar-refractivity contribution in [2.45, 2.75) is 64.4 Å². The van der Waals surface area contributed by atoms with E-state index in [1.807, 2.05) is 0 Å². The van der Waals surface area contributed by atoms with Crippen LogP contribution in [0.5, 0.6) is 0 Å². The van der Waals surface area contributed by atoms with E-state index in [1.54, 1.807) is 0 Å². The van der Waals surface area contributed by atoms with Gasteiger partial charge in [0.25, 0.3) is 0 Å². The van der Waals surface area contributed by atoms with Crippen molar-refractivity contribution in [3.63, 3.8) is 0 Å². The van der Waals surface area contributed by atoms with Crippen molar-refractivity contribution in [2.75, 3.05) is 13.7 Å². The Labute approximate surface area is 117 Å². The highest BCUT2D eigenvalue weighted by atomic mass is 16.5. The first kappa shape index (κ1) is 16.2. The van der Waals surface area contributed by atoms with Gasteiger partial charge in [-0.1, -0.05) is 52.0 Å². The van der Waals surface area contributed by atoms with E-state index in [4.69, 9.17) is 9.47 Å². The topological polar surface area (TPSA) is 35.5 Å². The second-order valence-electron chi connectivity index (χ2n) is 5.45. The van der Waals surface area contributed by atoms with Crippen LogP contribution in [0, 0.1) is 5.92 Å². The van der Waals surface area contributed by atoms with Gasteiger partial charge in [0.2, 0.25) is 0 Å². The van der Waals surface area contributed by atoms with Crippen molar-refractivity contribution in [3.05, 3.63) is 12.2 Å². The van der Waals surface area contributed by atoms with E-state index in [2.05, 4.69) is 13.5 Å². The molecule has 1 aliphatic rings. The third-order valence-electron chi connectivity index (χ3n) is 3.91. The van der Waals surface area contributed by atoms with Gasteiger partial charge in [-0.2, -0.15) is 0 Å². The predicted octanol–water partition coefficient (Wildman–Crippen LogP) is 3.87. The fourth-order valence-corrected chi connectivity index (χ4v) is 2.65. The first-order valence-corrected chi connectivity index (χ1v) is 7.55. The lowest BCUT2D eigenvalue weighted by molar-refractivity contribution is -0.142. The van der Waals surface area contributed by atoms with Crippen molar-refractivity contribution in [1.29, 1.82) is 0 Å². The molecule has 0 amide bonds. The molecule has 110 valence electrons. The molecule has 19 heavy (non-hydrogen) atoms. The van der Waals surface area contributed by atoms with Gasteiger partial charge in [0.1, 0.15) is 0 Å². The van der Waals surface area contributed by atoms with Crippen LogP contribution < -0.4 is 0 Å². The number of carbonyl (C=O) groups is 1. The normalized spacial score (nSPS) is 22.7. The molecule has 0 bridgehead atoms. The van der Waals surface area contributed by atoms with Crippen LogP contribution >= 0.6 is 0 Å². The number of esters is 1. The number of rotatable bonds is 9. The van der Waals surface area contributed by atoms with Gasteiger partial charge in [-0.25, -0.2) is 0 Å². The monoisotopic (exact) mass is 268 g/mol. The molecule has 3 heteroatoms. The molecule has 0 saturated carbocycles. The first-order chi connectivity index (χ1) is 9.19. The molecule has 0 aromatic rings. The number of ether oxygens (including phenoxy) is 2. The van der Waals surface area contributed by atoms with Gasteiger partial charge in [-0.05, 0) is 12.0 Å². The van der Waals surface area contributed by atoms with Crippen LogP contribution in [-0.2, 0) is 14.3 Å². The van der Waals surface area contributed by atoms with Crippen molar-refractivity contribution in [3.8, 4) is 0 Å². The molecule has 2 atom stereocenters. The predicted molar refractivity (Wildman–Crippen MR) is 77.0 cm³/mol. The minimum absolute atomic E-state index is 0.156. The smallest absolute Gasteiger partial charge is 0.306 e. The summed E-state index contributed by atoms with van der Waals surface area (Å²) < 4.78 is 10.5. The molecule has 1 aliphatic heterocycles. The Kier molecular flexibility index (Phi) is 7.80. The van der Waals surface area contributed by atoms with Gasteiger partial charge in [0.05, 0.1) is 26.2 Å². The lowest BCUT2D eigenvalue weighted by Gasteiger charge is -2.17. The van der Waals surface area contributed by atoms with Crippen LogP contribution in [-0.4, -0.2) is 25.8 Å². The Morgan fingerprint density at radius 3 is 2.68 bits per heavy atom. The Hall–Kier alpha value is -0.830. The van der Waals surface area contributed by atoms with Crippen LogP contribution in [0.4, 0.5) is 0 Å². The van der Waals surface area contributed by atoms with E-state index in [9.17, 15) is 4.79 Å². The molecule has 0 spiro atoms. The Balaban J connectivity index is 2.23. The van der Waals surface area contributed by atoms with Gasteiger partial charge in [0, 0.05) is 5.92 Å². The van der Waals surface area contributed by atoms with Crippen LogP contribution in [0.2, 0.25) is 0 Å². The summed E-state index contributed by atoms with van der Waals surface area (Å²) in [4.78, 5) is 11.4. The Morgan fingerprint density at radius 2 is 2.00 bits per heavy atom. The number of methoxy groups -OCH3 is 1. The summed E-state index contributed by atoms with van der Waals surface area (Å²) in [5.74, 6) is -0.00677. The standard InChI is InChI=1S/C16H28O3/c1-4-5-6-7-8-9-10-15-14(11-16(17)18-3)13(2)12-19-15/h14-15H,2,4-12H2,1,3H3/t14-,15+/m0/s1. The van der Waals surface area contributed by atoms with Gasteiger partial charge < -0.3 is 9.47 Å². The molecular weight excluding hydrogens is 240 g/mol. The minimum atomic E-state index is -0.162. The molecule has 1 fully saturated rings. The highest BCUT2D eigenvalue weighted by Gasteiger charge is 2.32. The summed E-state index contributed by atoms with van der Waals surface area (Å²) in [6.45, 7) is 6.84. The average molecular weight is 268 g/mol. The molecule has 0 radical (unpaired) electrons. The highest BCUT2D eigenvalue weighted by Crippen LogP contribution is 2.31. The number of carbonyl (C=O) groups excluding carboxylic acids is 1. The lowest BCUT2D eigenvalue weighted by atomic mass is 9.91. The van der Waals surface area contributed by atoms with E-state index >= 15 is 0 Å². The summed E-state index contributed by atoms with van der Waals surface area (Å²) in [6, 6.07) is 0. The maximum Gasteiger partial charge on any atom is 0.306 e. The molecule has 0 N–H and O–H groups in total. The van der Waals surface area contributed by atoms with E-state index in [0.717, 1.165) is 12.0 Å². The average Bonchev–Trinajstić information content (AvgIpc) is 2.75. The molecule has 1 rings (SSSR count). The molecule has 1 heterocycles. The summed E-state index contributed by atoms with van der Waals surface area (Å²) in [5.41, 5.74) is 1.04. The zero-order valence-corrected chi connectivity index (χ0v) is 12.5. The fraction of sp³-hybridized carbons (Fsp3) is 0.812. The molecule has 0 aromatic heterocycles. The van der Waals surface area contributed by atoms with E-state index in [0.29, 0.717) is 13.0 Å². The molecule has 0 unspecified atom stereocenters. The minimum Gasteiger partial charge on any atom is -0.469 e. The number of hydrogen-bond donors (Lipinski definition) is 0. The molecule has 0 aliphatic carbocycles. The van der Waals surface area contributed by atoms with Gasteiger partial charge in [-0.3, -0.25) is 4.79 Å². The molecule has 0 aromatic carbocycles. The largest absolute Gasteiger partial charge is 0.469 e. The second-order valence-corrected chi connectivity index (χ2v) is 5.45. The SMILES string of the molecule is C=C1CO[C@H](CCCCCCCC)[C@H]1CC(=O)OC. The third kappa shape index (κ3) is 5.77. The number of unbranched alkanes of at least 4 members (excludes halogenated alkanes) is 5. The van der Waals surface area contributed by atoms with Gasteiger partial charge in [0.15, 0.2) is 0 Å². The maximum atomic E-state index is 11.4. The van der Waals surface area contributed by atoms with E-state index in [1.165, 1.54) is 45.6 Å². The summed E-state index contributed by atoms with van der Waals surface area (Å²) in [5, 5.41) is 0. The van der Waals surface area contributed by atoms with E-state index in [-0.39, 0.29) is 18.0 Å². The fourth-order valence-electron chi connectivity index (χ4n) is 2.65.